The molecule has 170 valence electrons. The summed E-state index contributed by atoms with van der Waals surface area (Å²) in [7, 11) is 0. The molecule has 0 spiro atoms. The molecule has 9 heteroatoms. The Kier molecular flexibility index (Phi) is 5.71. The van der Waals surface area contributed by atoms with Crippen molar-refractivity contribution < 1.29 is 37.7 Å². The summed E-state index contributed by atoms with van der Waals surface area (Å²) < 4.78 is 36.7. The lowest BCUT2D eigenvalue weighted by Gasteiger charge is -2.16. The minimum Gasteiger partial charge on any atom is -0.490 e. The van der Waals surface area contributed by atoms with Crippen LogP contribution in [0.25, 0.3) is 10.8 Å². The van der Waals surface area contributed by atoms with Gasteiger partial charge in [0.1, 0.15) is 11.5 Å². The summed E-state index contributed by atoms with van der Waals surface area (Å²) in [5.41, 5.74) is 0.289. The number of nitrogens with zero attached hydrogens (tertiary/aromatic N) is 1. The van der Waals surface area contributed by atoms with Crippen molar-refractivity contribution in [3.63, 3.8) is 0 Å². The molecule has 0 saturated heterocycles. The molecule has 3 aromatic carbocycles. The molecule has 0 fully saturated rings. The number of carboxylic acids is 1. The Bertz CT molecular complexity index is 1270. The summed E-state index contributed by atoms with van der Waals surface area (Å²) >= 11 is 0. The molecule has 0 saturated carbocycles. The van der Waals surface area contributed by atoms with Gasteiger partial charge in [-0.05, 0) is 49.1 Å². The Morgan fingerprint density at radius 2 is 1.64 bits per heavy atom. The third-order valence-electron chi connectivity index (χ3n) is 5.05. The molecular formula is C24H19F2NO6. The fourth-order valence-electron chi connectivity index (χ4n) is 3.85. The van der Waals surface area contributed by atoms with Crippen LogP contribution in [0.3, 0.4) is 0 Å². The number of carbonyl (C=O) groups is 3. The molecule has 0 aromatic heterocycles. The smallest absolute Gasteiger partial charge is 0.387 e. The number of halogens is 2. The second-order valence-corrected chi connectivity index (χ2v) is 7.71. The van der Waals surface area contributed by atoms with Crippen molar-refractivity contribution >= 4 is 34.2 Å². The number of amides is 2. The van der Waals surface area contributed by atoms with E-state index >= 15 is 0 Å². The van der Waals surface area contributed by atoms with E-state index in [1.54, 1.807) is 32.0 Å². The first kappa shape index (κ1) is 22.2. The number of benzene rings is 3. The molecule has 7 nitrogen and oxygen atoms in total. The highest BCUT2D eigenvalue weighted by Gasteiger charge is 2.42. The van der Waals surface area contributed by atoms with Crippen LogP contribution in [0.4, 0.5) is 14.5 Å². The monoisotopic (exact) mass is 455 g/mol. The summed E-state index contributed by atoms with van der Waals surface area (Å²) in [6, 6.07) is 12.0. The van der Waals surface area contributed by atoms with Crippen molar-refractivity contribution in [2.24, 2.45) is 0 Å². The second kappa shape index (κ2) is 8.50. The van der Waals surface area contributed by atoms with Gasteiger partial charge < -0.3 is 14.6 Å². The van der Waals surface area contributed by atoms with Crippen LogP contribution in [-0.4, -0.2) is 35.6 Å². The van der Waals surface area contributed by atoms with Gasteiger partial charge in [0.2, 0.25) is 0 Å². The Morgan fingerprint density at radius 1 is 0.970 bits per heavy atom. The highest BCUT2D eigenvalue weighted by Crippen LogP contribution is 2.43. The normalized spacial score (nSPS) is 13.2. The molecule has 1 heterocycles. The van der Waals surface area contributed by atoms with Gasteiger partial charge in [0.25, 0.3) is 11.8 Å². The molecule has 0 bridgehead atoms. The third-order valence-corrected chi connectivity index (χ3v) is 5.05. The SMILES string of the molecule is CC(C)Oc1cccc2cc(OC(F)F)c3c(c12)C(=O)N(c1ccc(CC(=O)O)cc1)C3=O. The number of hydrogen-bond donors (Lipinski definition) is 1. The van der Waals surface area contributed by atoms with Gasteiger partial charge in [0.05, 0.1) is 29.3 Å². The molecule has 0 unspecified atom stereocenters. The zero-order chi connectivity index (χ0) is 23.9. The molecule has 1 aliphatic rings. The van der Waals surface area contributed by atoms with E-state index in [2.05, 4.69) is 4.74 Å². The number of aliphatic carboxylic acids is 1. The topological polar surface area (TPSA) is 93.1 Å². The maximum atomic E-state index is 13.5. The Labute approximate surface area is 187 Å². The number of carboxylic acid groups (broad SMARTS) is 1. The van der Waals surface area contributed by atoms with Crippen LogP contribution in [0.15, 0.2) is 48.5 Å². The van der Waals surface area contributed by atoms with Crippen LogP contribution in [0.5, 0.6) is 11.5 Å². The van der Waals surface area contributed by atoms with E-state index in [1.807, 2.05) is 0 Å². The first-order valence-electron chi connectivity index (χ1n) is 10.1. The van der Waals surface area contributed by atoms with E-state index in [4.69, 9.17) is 9.84 Å². The summed E-state index contributed by atoms with van der Waals surface area (Å²) in [5, 5.41) is 9.67. The van der Waals surface area contributed by atoms with Crippen molar-refractivity contribution in [3.8, 4) is 11.5 Å². The standard InChI is InChI=1S/C24H19F2NO6/c1-12(2)32-16-5-3-4-14-11-17(33-24(25)26)20-21(19(14)16)23(31)27(22(20)30)15-8-6-13(7-9-15)10-18(28)29/h3-9,11-12,24H,10H2,1-2H3,(H,28,29). The van der Waals surface area contributed by atoms with Crippen molar-refractivity contribution in [2.75, 3.05) is 4.90 Å². The maximum Gasteiger partial charge on any atom is 0.387 e. The number of carbonyl (C=O) groups excluding carboxylic acids is 2. The molecule has 33 heavy (non-hydrogen) atoms. The average molecular weight is 455 g/mol. The predicted molar refractivity (Wildman–Crippen MR) is 115 cm³/mol. The number of imide groups is 1. The molecule has 1 N–H and O–H groups in total. The zero-order valence-corrected chi connectivity index (χ0v) is 17.7. The highest BCUT2D eigenvalue weighted by molar-refractivity contribution is 6.39. The van der Waals surface area contributed by atoms with Gasteiger partial charge in [-0.25, -0.2) is 4.90 Å². The lowest BCUT2D eigenvalue weighted by atomic mass is 9.98. The second-order valence-electron chi connectivity index (χ2n) is 7.71. The van der Waals surface area contributed by atoms with E-state index in [-0.39, 0.29) is 29.3 Å². The highest BCUT2D eigenvalue weighted by atomic mass is 19.3. The summed E-state index contributed by atoms with van der Waals surface area (Å²) in [5.74, 6) is -2.63. The number of alkyl halides is 2. The van der Waals surface area contributed by atoms with Crippen LogP contribution in [0.1, 0.15) is 40.1 Å². The number of anilines is 1. The van der Waals surface area contributed by atoms with Gasteiger partial charge in [0, 0.05) is 5.39 Å². The predicted octanol–water partition coefficient (Wildman–Crippen LogP) is 4.66. The number of ether oxygens (including phenoxy) is 2. The van der Waals surface area contributed by atoms with Crippen LogP contribution in [0, 0.1) is 0 Å². The van der Waals surface area contributed by atoms with Crippen LogP contribution < -0.4 is 14.4 Å². The Balaban J connectivity index is 1.90. The van der Waals surface area contributed by atoms with Gasteiger partial charge in [-0.15, -0.1) is 0 Å². The lowest BCUT2D eigenvalue weighted by Crippen LogP contribution is -2.29. The van der Waals surface area contributed by atoms with Crippen LogP contribution in [0.2, 0.25) is 0 Å². The largest absolute Gasteiger partial charge is 0.490 e. The summed E-state index contributed by atoms with van der Waals surface area (Å²) in [6.07, 6.45) is -0.469. The van der Waals surface area contributed by atoms with Gasteiger partial charge in [0.15, 0.2) is 0 Å². The number of hydrogen-bond acceptors (Lipinski definition) is 5. The van der Waals surface area contributed by atoms with Gasteiger partial charge in [-0.1, -0.05) is 24.3 Å². The maximum absolute atomic E-state index is 13.5. The van der Waals surface area contributed by atoms with E-state index < -0.39 is 30.1 Å². The van der Waals surface area contributed by atoms with Crippen LogP contribution >= 0.6 is 0 Å². The molecule has 0 aliphatic carbocycles. The molecule has 4 rings (SSSR count). The Morgan fingerprint density at radius 3 is 2.24 bits per heavy atom. The van der Waals surface area contributed by atoms with E-state index in [0.29, 0.717) is 22.1 Å². The van der Waals surface area contributed by atoms with Crippen molar-refractivity contribution in [1.29, 1.82) is 0 Å². The van der Waals surface area contributed by atoms with Gasteiger partial charge in [-0.3, -0.25) is 14.4 Å². The fraction of sp³-hybridized carbons (Fsp3) is 0.208. The molecule has 1 aliphatic heterocycles. The lowest BCUT2D eigenvalue weighted by molar-refractivity contribution is -0.136. The van der Waals surface area contributed by atoms with E-state index in [1.165, 1.54) is 30.3 Å². The zero-order valence-electron chi connectivity index (χ0n) is 17.7. The van der Waals surface area contributed by atoms with E-state index in [9.17, 15) is 23.2 Å². The number of rotatable bonds is 7. The molecule has 0 radical (unpaired) electrons. The molecule has 2 amide bonds. The fourth-order valence-corrected chi connectivity index (χ4v) is 3.85. The molecule has 0 atom stereocenters. The third kappa shape index (κ3) is 4.09. The number of fused-ring (bicyclic) bond motifs is 3. The van der Waals surface area contributed by atoms with Crippen LogP contribution in [-0.2, 0) is 11.2 Å². The Hall–Kier alpha value is -4.01. The first-order valence-corrected chi connectivity index (χ1v) is 10.1. The average Bonchev–Trinajstić information content (AvgIpc) is 2.98. The first-order chi connectivity index (χ1) is 15.7. The van der Waals surface area contributed by atoms with Gasteiger partial charge >= 0.3 is 12.6 Å². The summed E-state index contributed by atoms with van der Waals surface area (Å²) in [6.45, 7) is 0.394. The van der Waals surface area contributed by atoms with E-state index in [0.717, 1.165) is 4.90 Å². The van der Waals surface area contributed by atoms with Crippen molar-refractivity contribution in [3.05, 3.63) is 65.2 Å². The quantitative estimate of drug-likeness (QED) is 0.521. The molecular weight excluding hydrogens is 436 g/mol. The van der Waals surface area contributed by atoms with Gasteiger partial charge in [-0.2, -0.15) is 8.78 Å². The minimum atomic E-state index is -3.20. The summed E-state index contributed by atoms with van der Waals surface area (Å²) in [4.78, 5) is 38.5. The molecule has 3 aromatic rings. The van der Waals surface area contributed by atoms with Crippen molar-refractivity contribution in [1.82, 2.24) is 0 Å². The minimum absolute atomic E-state index is 0.0842. The van der Waals surface area contributed by atoms with Crippen molar-refractivity contribution in [2.45, 2.75) is 33.0 Å².